The van der Waals surface area contributed by atoms with Crippen LogP contribution in [0.5, 0.6) is 11.5 Å². The van der Waals surface area contributed by atoms with Crippen LogP contribution in [0.3, 0.4) is 0 Å². The topological polar surface area (TPSA) is 58.1 Å². The van der Waals surface area contributed by atoms with Gasteiger partial charge in [-0.1, -0.05) is 24.3 Å². The van der Waals surface area contributed by atoms with E-state index < -0.39 is 0 Å². The van der Waals surface area contributed by atoms with E-state index in [9.17, 15) is 0 Å². The van der Waals surface area contributed by atoms with Crippen molar-refractivity contribution in [3.05, 3.63) is 53.6 Å². The smallest absolute Gasteiger partial charge is 0.196 e. The number of rotatable bonds is 9. The molecular formula is C22H32N4O2. The molecule has 0 heterocycles. The molecule has 0 aliphatic rings. The van der Waals surface area contributed by atoms with Crippen molar-refractivity contribution in [2.45, 2.75) is 26.9 Å². The molecule has 0 atom stereocenters. The lowest BCUT2D eigenvalue weighted by atomic mass is 10.1. The molecule has 0 saturated heterocycles. The highest BCUT2D eigenvalue weighted by molar-refractivity contribution is 5.93. The molecule has 6 nitrogen and oxygen atoms in total. The Morgan fingerprint density at radius 2 is 1.82 bits per heavy atom. The Kier molecular flexibility index (Phi) is 8.62. The molecule has 28 heavy (non-hydrogen) atoms. The predicted octanol–water partition coefficient (Wildman–Crippen LogP) is 3.73. The maximum Gasteiger partial charge on any atom is 0.196 e. The summed E-state index contributed by atoms with van der Waals surface area (Å²) in [5.74, 6) is 2.16. The van der Waals surface area contributed by atoms with E-state index in [1.54, 1.807) is 7.11 Å². The van der Waals surface area contributed by atoms with Crippen molar-refractivity contribution < 1.29 is 9.47 Å². The van der Waals surface area contributed by atoms with E-state index >= 15 is 0 Å². The number of ether oxygens (including phenoxy) is 2. The van der Waals surface area contributed by atoms with Crippen molar-refractivity contribution in [2.75, 3.05) is 39.7 Å². The zero-order valence-corrected chi connectivity index (χ0v) is 17.6. The molecule has 0 amide bonds. The van der Waals surface area contributed by atoms with Crippen molar-refractivity contribution in [3.63, 3.8) is 0 Å². The van der Waals surface area contributed by atoms with Crippen LogP contribution in [0.2, 0.25) is 0 Å². The Morgan fingerprint density at radius 3 is 2.50 bits per heavy atom. The number of hydrogen-bond acceptors (Lipinski definition) is 4. The average molecular weight is 385 g/mol. The lowest BCUT2D eigenvalue weighted by Crippen LogP contribution is -2.30. The highest BCUT2D eigenvalue weighted by Crippen LogP contribution is 2.30. The van der Waals surface area contributed by atoms with Crippen LogP contribution in [0.25, 0.3) is 0 Å². The number of hydrogen-bond donors (Lipinski definition) is 2. The number of anilines is 1. The quantitative estimate of drug-likeness (QED) is 0.510. The van der Waals surface area contributed by atoms with Crippen LogP contribution in [0.1, 0.15) is 25.0 Å². The Labute approximate surface area is 168 Å². The molecule has 6 heteroatoms. The minimum Gasteiger partial charge on any atom is -0.493 e. The molecule has 2 rings (SSSR count). The molecule has 0 spiro atoms. The lowest BCUT2D eigenvalue weighted by molar-refractivity contribution is 0.311. The van der Waals surface area contributed by atoms with Crippen molar-refractivity contribution in [1.82, 2.24) is 10.2 Å². The predicted molar refractivity (Wildman–Crippen MR) is 116 cm³/mol. The van der Waals surface area contributed by atoms with Crippen LogP contribution in [-0.4, -0.2) is 45.2 Å². The Morgan fingerprint density at radius 1 is 1.04 bits per heavy atom. The summed E-state index contributed by atoms with van der Waals surface area (Å²) < 4.78 is 11.0. The normalized spacial score (nSPS) is 11.4. The first-order valence-electron chi connectivity index (χ1n) is 9.64. The monoisotopic (exact) mass is 384 g/mol. The van der Waals surface area contributed by atoms with Crippen LogP contribution in [0, 0.1) is 0 Å². The van der Waals surface area contributed by atoms with Crippen LogP contribution in [0.15, 0.2) is 47.5 Å². The van der Waals surface area contributed by atoms with Gasteiger partial charge in [0.25, 0.3) is 0 Å². The molecule has 0 bridgehead atoms. The van der Waals surface area contributed by atoms with Gasteiger partial charge in [-0.25, -0.2) is 4.99 Å². The van der Waals surface area contributed by atoms with E-state index in [-0.39, 0.29) is 0 Å². The van der Waals surface area contributed by atoms with Gasteiger partial charge in [-0.15, -0.1) is 0 Å². The van der Waals surface area contributed by atoms with E-state index in [0.717, 1.165) is 24.7 Å². The molecular weight excluding hydrogens is 352 g/mol. The van der Waals surface area contributed by atoms with Gasteiger partial charge in [0, 0.05) is 24.8 Å². The molecule has 0 unspecified atom stereocenters. The Hall–Kier alpha value is -2.73. The SMILES string of the molecule is CCNC(=NCc1cccc(CN(C)C)c1)Nc1ccc(OC)c(OCC)c1. The number of aliphatic imine (C=N–C) groups is 1. The van der Waals surface area contributed by atoms with Crippen LogP contribution >= 0.6 is 0 Å². The first-order valence-corrected chi connectivity index (χ1v) is 9.64. The van der Waals surface area contributed by atoms with Gasteiger partial charge in [0.1, 0.15) is 0 Å². The standard InChI is InChI=1S/C22H32N4O2/c1-6-23-22(24-15-17-9-8-10-18(13-17)16-26(3)4)25-19-11-12-20(27-5)21(14-19)28-7-2/h8-14H,6-7,15-16H2,1-5H3,(H2,23,24,25). The summed E-state index contributed by atoms with van der Waals surface area (Å²) in [6, 6.07) is 14.3. The second kappa shape index (κ2) is 11.2. The fourth-order valence-corrected chi connectivity index (χ4v) is 2.83. The first kappa shape index (κ1) is 21.6. The Bertz CT molecular complexity index is 775. The lowest BCUT2D eigenvalue weighted by Gasteiger charge is -2.15. The first-order chi connectivity index (χ1) is 13.5. The van der Waals surface area contributed by atoms with Gasteiger partial charge in [-0.2, -0.15) is 0 Å². The highest BCUT2D eigenvalue weighted by Gasteiger charge is 2.07. The van der Waals surface area contributed by atoms with Gasteiger partial charge < -0.3 is 25.0 Å². The van der Waals surface area contributed by atoms with Gasteiger partial charge in [0.2, 0.25) is 0 Å². The van der Waals surface area contributed by atoms with Gasteiger partial charge in [-0.05, 0) is 51.2 Å². The van der Waals surface area contributed by atoms with Gasteiger partial charge in [0.05, 0.1) is 20.3 Å². The third-order valence-electron chi connectivity index (χ3n) is 3.98. The largest absolute Gasteiger partial charge is 0.493 e. The zero-order chi connectivity index (χ0) is 20.4. The Balaban J connectivity index is 2.13. The van der Waals surface area contributed by atoms with Crippen LogP contribution in [0.4, 0.5) is 5.69 Å². The fraction of sp³-hybridized carbons (Fsp3) is 0.409. The van der Waals surface area contributed by atoms with Gasteiger partial charge >= 0.3 is 0 Å². The number of nitrogens with one attached hydrogen (secondary N) is 2. The molecule has 2 N–H and O–H groups in total. The van der Waals surface area contributed by atoms with Crippen molar-refractivity contribution in [2.24, 2.45) is 4.99 Å². The zero-order valence-electron chi connectivity index (χ0n) is 17.6. The number of guanidine groups is 1. The molecule has 0 fully saturated rings. The molecule has 0 aliphatic heterocycles. The van der Waals surface area contributed by atoms with Crippen LogP contribution < -0.4 is 20.1 Å². The molecule has 152 valence electrons. The average Bonchev–Trinajstić information content (AvgIpc) is 2.67. The van der Waals surface area contributed by atoms with Crippen LogP contribution in [-0.2, 0) is 13.1 Å². The van der Waals surface area contributed by atoms with Crippen molar-refractivity contribution >= 4 is 11.6 Å². The number of nitrogens with zero attached hydrogens (tertiary/aromatic N) is 2. The molecule has 0 radical (unpaired) electrons. The third kappa shape index (κ3) is 6.78. The van der Waals surface area contributed by atoms with Gasteiger partial charge in [0.15, 0.2) is 17.5 Å². The minimum absolute atomic E-state index is 0.581. The van der Waals surface area contributed by atoms with E-state index in [4.69, 9.17) is 14.5 Å². The summed E-state index contributed by atoms with van der Waals surface area (Å²) in [4.78, 5) is 6.89. The van der Waals surface area contributed by atoms with Crippen molar-refractivity contribution in [3.8, 4) is 11.5 Å². The summed E-state index contributed by atoms with van der Waals surface area (Å²) in [6.07, 6.45) is 0. The van der Waals surface area contributed by atoms with E-state index in [2.05, 4.69) is 60.8 Å². The number of methoxy groups -OCH3 is 1. The van der Waals surface area contributed by atoms with Gasteiger partial charge in [-0.3, -0.25) is 0 Å². The summed E-state index contributed by atoms with van der Waals surface area (Å²) in [5.41, 5.74) is 3.36. The van der Waals surface area contributed by atoms with E-state index in [1.807, 2.05) is 25.1 Å². The summed E-state index contributed by atoms with van der Waals surface area (Å²) >= 11 is 0. The summed E-state index contributed by atoms with van der Waals surface area (Å²) in [5, 5.41) is 6.63. The molecule has 0 aromatic heterocycles. The number of benzene rings is 2. The summed E-state index contributed by atoms with van der Waals surface area (Å²) in [7, 11) is 5.79. The molecule has 0 saturated carbocycles. The molecule has 2 aromatic carbocycles. The maximum absolute atomic E-state index is 5.65. The fourth-order valence-electron chi connectivity index (χ4n) is 2.83. The van der Waals surface area contributed by atoms with Crippen molar-refractivity contribution in [1.29, 1.82) is 0 Å². The maximum atomic E-state index is 5.65. The van der Waals surface area contributed by atoms with E-state index in [0.29, 0.717) is 24.7 Å². The second-order valence-corrected chi connectivity index (χ2v) is 6.68. The molecule has 0 aliphatic carbocycles. The third-order valence-corrected chi connectivity index (χ3v) is 3.98. The second-order valence-electron chi connectivity index (χ2n) is 6.68. The highest BCUT2D eigenvalue weighted by atomic mass is 16.5. The minimum atomic E-state index is 0.581. The molecule has 2 aromatic rings. The van der Waals surface area contributed by atoms with E-state index in [1.165, 1.54) is 11.1 Å². The summed E-state index contributed by atoms with van der Waals surface area (Å²) in [6.45, 7) is 6.88.